The molecule has 0 aliphatic heterocycles. The van der Waals surface area contributed by atoms with E-state index in [0.29, 0.717) is 22.4 Å². The smallest absolute Gasteiger partial charge is 0.293 e. The molecule has 2 aromatic heterocycles. The van der Waals surface area contributed by atoms with Crippen molar-refractivity contribution in [1.29, 1.82) is 0 Å². The van der Waals surface area contributed by atoms with Crippen LogP contribution in [0.4, 0.5) is 5.82 Å². The Morgan fingerprint density at radius 3 is 2.95 bits per heavy atom. The third-order valence-corrected chi connectivity index (χ3v) is 4.29. The maximum absolute atomic E-state index is 12.5. The van der Waals surface area contributed by atoms with Crippen LogP contribution in [0.25, 0.3) is 0 Å². The quantitative estimate of drug-likeness (QED) is 0.935. The molecule has 0 bridgehead atoms. The minimum atomic E-state index is -0.223. The van der Waals surface area contributed by atoms with E-state index < -0.39 is 0 Å². The Morgan fingerprint density at radius 1 is 1.58 bits per heavy atom. The van der Waals surface area contributed by atoms with E-state index in [1.807, 2.05) is 12.3 Å². The number of aromatic nitrogens is 2. The normalized spacial score (nSPS) is 14.6. The van der Waals surface area contributed by atoms with Gasteiger partial charge in [-0.1, -0.05) is 0 Å². The van der Waals surface area contributed by atoms with Crippen LogP contribution in [-0.2, 0) is 0 Å². The first-order chi connectivity index (χ1) is 9.13. The zero-order chi connectivity index (χ0) is 13.6. The number of ether oxygens (including phenoxy) is 1. The molecule has 2 aromatic rings. The molecule has 100 valence electrons. The molecule has 19 heavy (non-hydrogen) atoms. The Hall–Kier alpha value is -1.82. The molecule has 1 fully saturated rings. The topological polar surface area (TPSA) is 70.1 Å². The van der Waals surface area contributed by atoms with Gasteiger partial charge in [0, 0.05) is 11.5 Å². The van der Waals surface area contributed by atoms with Crippen LogP contribution in [0.15, 0.2) is 11.4 Å². The summed E-state index contributed by atoms with van der Waals surface area (Å²) in [5.74, 6) is 1.25. The lowest BCUT2D eigenvalue weighted by molar-refractivity contribution is 0.0949. The predicted octanol–water partition coefficient (Wildman–Crippen LogP) is 2.41. The number of anilines is 1. The highest BCUT2D eigenvalue weighted by Crippen LogP contribution is 2.42. The van der Waals surface area contributed by atoms with Gasteiger partial charge < -0.3 is 10.5 Å². The van der Waals surface area contributed by atoms with Crippen molar-refractivity contribution >= 4 is 23.1 Å². The van der Waals surface area contributed by atoms with Crippen molar-refractivity contribution in [2.45, 2.75) is 25.7 Å². The van der Waals surface area contributed by atoms with Crippen molar-refractivity contribution in [2.24, 2.45) is 0 Å². The Balaban J connectivity index is 2.02. The van der Waals surface area contributed by atoms with Crippen molar-refractivity contribution in [2.75, 3.05) is 12.8 Å². The summed E-state index contributed by atoms with van der Waals surface area (Å²) in [5.41, 5.74) is 7.89. The first kappa shape index (κ1) is 12.2. The molecular weight excluding hydrogens is 262 g/mol. The summed E-state index contributed by atoms with van der Waals surface area (Å²) in [5, 5.41) is 6.22. The monoisotopic (exact) mass is 277 g/mol. The highest BCUT2D eigenvalue weighted by Gasteiger charge is 2.31. The first-order valence-electron chi connectivity index (χ1n) is 6.14. The number of nitrogen functional groups attached to an aromatic ring is 1. The van der Waals surface area contributed by atoms with Crippen molar-refractivity contribution in [3.63, 3.8) is 0 Å². The number of carbonyl (C=O) groups excluding carboxylic acids is 1. The summed E-state index contributed by atoms with van der Waals surface area (Å²) >= 11 is 1.33. The van der Waals surface area contributed by atoms with Gasteiger partial charge in [0.05, 0.1) is 12.8 Å². The molecule has 6 heteroatoms. The van der Waals surface area contributed by atoms with Crippen LogP contribution in [0.1, 0.15) is 39.7 Å². The number of nitrogens with two attached hydrogens (primary N) is 1. The molecule has 2 heterocycles. The second-order valence-corrected chi connectivity index (χ2v) is 5.62. The zero-order valence-electron chi connectivity index (χ0n) is 10.8. The van der Waals surface area contributed by atoms with Crippen molar-refractivity contribution in [1.82, 2.24) is 9.78 Å². The van der Waals surface area contributed by atoms with Gasteiger partial charge in [-0.25, -0.2) is 0 Å². The van der Waals surface area contributed by atoms with E-state index in [2.05, 4.69) is 5.10 Å². The van der Waals surface area contributed by atoms with Gasteiger partial charge in [0.15, 0.2) is 0 Å². The van der Waals surface area contributed by atoms with Crippen molar-refractivity contribution in [3.8, 4) is 5.75 Å². The van der Waals surface area contributed by atoms with Crippen LogP contribution < -0.4 is 10.5 Å². The molecular formula is C13H15N3O2S. The number of hydrogen-bond acceptors (Lipinski definition) is 5. The molecule has 1 saturated carbocycles. The summed E-state index contributed by atoms with van der Waals surface area (Å²) in [4.78, 5) is 13.0. The Morgan fingerprint density at radius 2 is 2.32 bits per heavy atom. The van der Waals surface area contributed by atoms with Gasteiger partial charge in [0.1, 0.15) is 16.4 Å². The van der Waals surface area contributed by atoms with Crippen LogP contribution in [0.2, 0.25) is 0 Å². The van der Waals surface area contributed by atoms with Crippen LogP contribution >= 0.6 is 11.3 Å². The molecule has 2 N–H and O–H groups in total. The van der Waals surface area contributed by atoms with E-state index in [1.165, 1.54) is 16.0 Å². The van der Waals surface area contributed by atoms with Crippen molar-refractivity contribution in [3.05, 3.63) is 27.6 Å². The van der Waals surface area contributed by atoms with Gasteiger partial charge in [0.25, 0.3) is 5.91 Å². The van der Waals surface area contributed by atoms with Gasteiger partial charge in [-0.3, -0.25) is 4.79 Å². The molecule has 0 radical (unpaired) electrons. The van der Waals surface area contributed by atoms with Gasteiger partial charge in [0.2, 0.25) is 0 Å². The molecule has 0 amide bonds. The Bertz CT molecular complexity index is 640. The van der Waals surface area contributed by atoms with E-state index in [4.69, 9.17) is 10.5 Å². The molecule has 0 unspecified atom stereocenters. The second-order valence-electron chi connectivity index (χ2n) is 4.70. The van der Waals surface area contributed by atoms with Crippen LogP contribution in [0.3, 0.4) is 0 Å². The van der Waals surface area contributed by atoms with Crippen LogP contribution in [0.5, 0.6) is 5.75 Å². The highest BCUT2D eigenvalue weighted by molar-refractivity contribution is 7.12. The largest absolute Gasteiger partial charge is 0.495 e. The lowest BCUT2D eigenvalue weighted by atomic mass is 10.2. The summed E-state index contributed by atoms with van der Waals surface area (Å²) in [6.45, 7) is 1.92. The molecule has 0 spiro atoms. The number of carbonyl (C=O) groups is 1. The minimum absolute atomic E-state index is 0.223. The summed E-state index contributed by atoms with van der Waals surface area (Å²) < 4.78 is 6.48. The fourth-order valence-corrected chi connectivity index (χ4v) is 2.92. The second kappa shape index (κ2) is 4.38. The number of methoxy groups -OCH3 is 1. The van der Waals surface area contributed by atoms with Gasteiger partial charge in [-0.15, -0.1) is 11.3 Å². The van der Waals surface area contributed by atoms with E-state index in [0.717, 1.165) is 24.1 Å². The molecule has 0 saturated heterocycles. The lowest BCUT2D eigenvalue weighted by Gasteiger charge is -2.03. The summed E-state index contributed by atoms with van der Waals surface area (Å²) in [6, 6.07) is 1.77. The van der Waals surface area contributed by atoms with E-state index in [1.54, 1.807) is 13.2 Å². The first-order valence-corrected chi connectivity index (χ1v) is 7.02. The summed E-state index contributed by atoms with van der Waals surface area (Å²) in [6.07, 6.45) is 2.27. The Kier molecular flexibility index (Phi) is 2.82. The van der Waals surface area contributed by atoms with Gasteiger partial charge in [-0.05, 0) is 31.2 Å². The molecule has 3 rings (SSSR count). The molecule has 1 aliphatic carbocycles. The number of rotatable bonds is 3. The Labute approximate surface area is 115 Å². The average Bonchev–Trinajstić information content (AvgIpc) is 3.06. The van der Waals surface area contributed by atoms with Gasteiger partial charge in [-0.2, -0.15) is 9.78 Å². The third-order valence-electron chi connectivity index (χ3n) is 3.40. The standard InChI is InChI=1S/C13H15N3O2S/c1-7-10(8-3-4-8)15-16(12(7)14)13(17)11-9(18-2)5-6-19-11/h5-6,8H,3-4,14H2,1-2H3. The fraction of sp³-hybridized carbons (Fsp3) is 0.385. The highest BCUT2D eigenvalue weighted by atomic mass is 32.1. The average molecular weight is 277 g/mol. The summed E-state index contributed by atoms with van der Waals surface area (Å²) in [7, 11) is 1.55. The molecule has 0 atom stereocenters. The van der Waals surface area contributed by atoms with E-state index in [9.17, 15) is 4.79 Å². The zero-order valence-corrected chi connectivity index (χ0v) is 11.7. The third kappa shape index (κ3) is 1.92. The SMILES string of the molecule is COc1ccsc1C(=O)n1nc(C2CC2)c(C)c1N. The predicted molar refractivity (Wildman–Crippen MR) is 74.0 cm³/mol. The number of nitrogens with zero attached hydrogens (tertiary/aromatic N) is 2. The molecule has 1 aliphatic rings. The molecule has 5 nitrogen and oxygen atoms in total. The van der Waals surface area contributed by atoms with Crippen LogP contribution in [0, 0.1) is 6.92 Å². The maximum atomic E-state index is 12.5. The van der Waals surface area contributed by atoms with E-state index in [-0.39, 0.29) is 5.91 Å². The number of hydrogen-bond donors (Lipinski definition) is 1. The van der Waals surface area contributed by atoms with Crippen LogP contribution in [-0.4, -0.2) is 22.8 Å². The fourth-order valence-electron chi connectivity index (χ4n) is 2.14. The number of thiophene rings is 1. The van der Waals surface area contributed by atoms with E-state index >= 15 is 0 Å². The van der Waals surface area contributed by atoms with Crippen molar-refractivity contribution < 1.29 is 9.53 Å². The minimum Gasteiger partial charge on any atom is -0.495 e. The molecule has 0 aromatic carbocycles. The maximum Gasteiger partial charge on any atom is 0.293 e. The lowest BCUT2D eigenvalue weighted by Crippen LogP contribution is -2.16. The van der Waals surface area contributed by atoms with Gasteiger partial charge >= 0.3 is 0 Å².